The van der Waals surface area contributed by atoms with Gasteiger partial charge in [0.15, 0.2) is 10.3 Å². The van der Waals surface area contributed by atoms with Gasteiger partial charge in [-0.25, -0.2) is 9.97 Å². The third-order valence-electron chi connectivity index (χ3n) is 5.14. The zero-order valence-electron chi connectivity index (χ0n) is 19.5. The van der Waals surface area contributed by atoms with E-state index in [1.54, 1.807) is 11.8 Å². The van der Waals surface area contributed by atoms with Crippen molar-refractivity contribution in [1.82, 2.24) is 9.97 Å². The molecule has 0 saturated carbocycles. The number of nitrogens with one attached hydrogen (secondary N) is 2. The minimum Gasteiger partial charge on any atom is -0.302 e. The summed E-state index contributed by atoms with van der Waals surface area (Å²) in [5.74, 6) is 1.14. The molecule has 0 aliphatic carbocycles. The number of amides is 2. The molecule has 0 atom stereocenters. The van der Waals surface area contributed by atoms with Gasteiger partial charge in [0.1, 0.15) is 0 Å². The van der Waals surface area contributed by atoms with Gasteiger partial charge in [0, 0.05) is 46.2 Å². The fourth-order valence-corrected chi connectivity index (χ4v) is 5.51. The summed E-state index contributed by atoms with van der Waals surface area (Å²) in [6, 6.07) is 16.3. The zero-order chi connectivity index (χ0) is 24.6. The predicted octanol–water partition coefficient (Wildman–Crippen LogP) is 6.64. The fourth-order valence-electron chi connectivity index (χ4n) is 3.17. The summed E-state index contributed by atoms with van der Waals surface area (Å²) >= 11 is 4.42. The number of rotatable bonds is 10. The van der Waals surface area contributed by atoms with E-state index in [0.717, 1.165) is 22.5 Å². The van der Waals surface area contributed by atoms with Crippen molar-refractivity contribution in [1.29, 1.82) is 0 Å². The summed E-state index contributed by atoms with van der Waals surface area (Å²) in [6.07, 6.45) is 0.746. The second-order valence-electron chi connectivity index (χ2n) is 8.02. The van der Waals surface area contributed by atoms with Crippen LogP contribution in [0.3, 0.4) is 0 Å². The number of thiazole rings is 2. The van der Waals surface area contributed by atoms with E-state index in [0.29, 0.717) is 34.6 Å². The highest BCUT2D eigenvalue weighted by molar-refractivity contribution is 7.99. The first kappa shape index (κ1) is 25.1. The topological polar surface area (TPSA) is 84.0 Å². The molecule has 2 heterocycles. The molecule has 0 unspecified atom stereocenters. The Morgan fingerprint density at radius 1 is 0.714 bits per heavy atom. The van der Waals surface area contributed by atoms with Crippen molar-refractivity contribution < 1.29 is 9.59 Å². The van der Waals surface area contributed by atoms with Crippen LogP contribution < -0.4 is 10.6 Å². The van der Waals surface area contributed by atoms with Crippen LogP contribution in [0.5, 0.6) is 0 Å². The number of carbonyl (C=O) groups is 2. The van der Waals surface area contributed by atoms with E-state index >= 15 is 0 Å². The molecule has 0 spiro atoms. The molecule has 2 N–H and O–H groups in total. The Morgan fingerprint density at radius 3 is 1.51 bits per heavy atom. The lowest BCUT2D eigenvalue weighted by Crippen LogP contribution is -2.13. The van der Waals surface area contributed by atoms with E-state index in [2.05, 4.69) is 20.6 Å². The molecule has 0 radical (unpaired) electrons. The summed E-state index contributed by atoms with van der Waals surface area (Å²) in [7, 11) is 0. The second-order valence-corrected chi connectivity index (χ2v) is 11.0. The van der Waals surface area contributed by atoms with Crippen molar-refractivity contribution in [2.24, 2.45) is 0 Å². The third kappa shape index (κ3) is 7.48. The molecule has 35 heavy (non-hydrogen) atoms. The Hall–Kier alpha value is -3.01. The van der Waals surface area contributed by atoms with Crippen molar-refractivity contribution in [2.45, 2.75) is 26.7 Å². The van der Waals surface area contributed by atoms with Crippen LogP contribution >= 0.6 is 34.4 Å². The molecule has 2 aromatic heterocycles. The molecule has 4 rings (SSSR count). The average molecular weight is 523 g/mol. The molecule has 0 aliphatic heterocycles. The smallest absolute Gasteiger partial charge is 0.226 e. The lowest BCUT2D eigenvalue weighted by atomic mass is 10.1. The van der Waals surface area contributed by atoms with Crippen LogP contribution in [0, 0.1) is 13.8 Å². The largest absolute Gasteiger partial charge is 0.302 e. The quantitative estimate of drug-likeness (QED) is 0.228. The summed E-state index contributed by atoms with van der Waals surface area (Å²) < 4.78 is 0. The number of aromatic nitrogens is 2. The maximum atomic E-state index is 12.2. The molecule has 9 heteroatoms. The third-order valence-corrected chi connectivity index (χ3v) is 7.64. The Balaban J connectivity index is 1.13. The lowest BCUT2D eigenvalue weighted by Gasteiger charge is -2.03. The van der Waals surface area contributed by atoms with Crippen LogP contribution in [0.1, 0.15) is 24.0 Å². The number of benzene rings is 2. The molecule has 0 aliphatic rings. The molecule has 6 nitrogen and oxygen atoms in total. The van der Waals surface area contributed by atoms with Gasteiger partial charge < -0.3 is 10.6 Å². The standard InChI is InChI=1S/C26H26N4O2S3/c1-17-3-7-19(8-4-17)21-15-34-25(27-21)29-23(31)11-13-33-14-12-24(32)30-26-28-22(16-35-26)20-9-5-18(2)6-10-20/h3-10,15-16H,11-14H2,1-2H3,(H,27,29,31)(H,28,30,32). The van der Waals surface area contributed by atoms with Gasteiger partial charge in [-0.05, 0) is 13.8 Å². The van der Waals surface area contributed by atoms with Crippen LogP contribution in [-0.2, 0) is 9.59 Å². The van der Waals surface area contributed by atoms with Gasteiger partial charge in [-0.3, -0.25) is 9.59 Å². The number of hydrogen-bond donors (Lipinski definition) is 2. The molecule has 2 amide bonds. The number of aryl methyl sites for hydroxylation is 2. The van der Waals surface area contributed by atoms with E-state index in [1.807, 2.05) is 73.1 Å². The normalized spacial score (nSPS) is 10.8. The lowest BCUT2D eigenvalue weighted by molar-refractivity contribution is -0.116. The maximum absolute atomic E-state index is 12.2. The number of hydrogen-bond acceptors (Lipinski definition) is 7. The van der Waals surface area contributed by atoms with Gasteiger partial charge >= 0.3 is 0 Å². The van der Waals surface area contributed by atoms with Crippen molar-refractivity contribution in [3.8, 4) is 22.5 Å². The number of thioether (sulfide) groups is 1. The Bertz CT molecular complexity index is 1180. The first-order chi connectivity index (χ1) is 17.0. The molecule has 2 aromatic carbocycles. The van der Waals surface area contributed by atoms with Gasteiger partial charge in [0.05, 0.1) is 11.4 Å². The average Bonchev–Trinajstić information content (AvgIpc) is 3.50. The number of carbonyl (C=O) groups excluding carboxylic acids is 2. The minimum absolute atomic E-state index is 0.0711. The van der Waals surface area contributed by atoms with Crippen LogP contribution in [0.4, 0.5) is 10.3 Å². The van der Waals surface area contributed by atoms with E-state index in [1.165, 1.54) is 33.8 Å². The monoisotopic (exact) mass is 522 g/mol. The second kappa shape index (κ2) is 12.1. The van der Waals surface area contributed by atoms with Crippen molar-refractivity contribution in [3.63, 3.8) is 0 Å². The van der Waals surface area contributed by atoms with Crippen molar-refractivity contribution >= 4 is 56.5 Å². The molecule has 180 valence electrons. The number of nitrogens with zero attached hydrogens (tertiary/aromatic N) is 2. The maximum Gasteiger partial charge on any atom is 0.226 e. The molecule has 0 saturated heterocycles. The van der Waals surface area contributed by atoms with Gasteiger partial charge in [-0.2, -0.15) is 11.8 Å². The Kier molecular flexibility index (Phi) is 8.68. The van der Waals surface area contributed by atoms with Crippen LogP contribution in [0.15, 0.2) is 59.3 Å². The van der Waals surface area contributed by atoms with Gasteiger partial charge in [-0.1, -0.05) is 59.7 Å². The van der Waals surface area contributed by atoms with E-state index in [9.17, 15) is 9.59 Å². The predicted molar refractivity (Wildman–Crippen MR) is 148 cm³/mol. The number of anilines is 2. The van der Waals surface area contributed by atoms with Crippen LogP contribution in [0.25, 0.3) is 22.5 Å². The molecular formula is C26H26N4O2S3. The van der Waals surface area contributed by atoms with E-state index in [-0.39, 0.29) is 11.8 Å². The van der Waals surface area contributed by atoms with E-state index < -0.39 is 0 Å². The fraction of sp³-hybridized carbons (Fsp3) is 0.231. The van der Waals surface area contributed by atoms with Gasteiger partial charge in [-0.15, -0.1) is 22.7 Å². The van der Waals surface area contributed by atoms with Crippen LogP contribution in [-0.4, -0.2) is 33.3 Å². The highest BCUT2D eigenvalue weighted by atomic mass is 32.2. The highest BCUT2D eigenvalue weighted by Crippen LogP contribution is 2.26. The zero-order valence-corrected chi connectivity index (χ0v) is 22.0. The SMILES string of the molecule is Cc1ccc(-c2csc(NC(=O)CCSCCC(=O)Nc3nc(-c4ccc(C)cc4)cs3)n2)cc1. The summed E-state index contributed by atoms with van der Waals surface area (Å²) in [6.45, 7) is 4.09. The molecule has 0 fully saturated rings. The summed E-state index contributed by atoms with van der Waals surface area (Å²) in [5.41, 5.74) is 6.18. The first-order valence-electron chi connectivity index (χ1n) is 11.2. The molecule has 0 bridgehead atoms. The van der Waals surface area contributed by atoms with Crippen molar-refractivity contribution in [2.75, 3.05) is 22.1 Å². The van der Waals surface area contributed by atoms with Crippen molar-refractivity contribution in [3.05, 3.63) is 70.4 Å². The molecular weight excluding hydrogens is 497 g/mol. The van der Waals surface area contributed by atoms with Crippen LogP contribution in [0.2, 0.25) is 0 Å². The minimum atomic E-state index is -0.0711. The van der Waals surface area contributed by atoms with Gasteiger partial charge in [0.25, 0.3) is 0 Å². The summed E-state index contributed by atoms with van der Waals surface area (Å²) in [4.78, 5) is 33.5. The summed E-state index contributed by atoms with van der Waals surface area (Å²) in [5, 5.41) is 10.8. The van der Waals surface area contributed by atoms with E-state index in [4.69, 9.17) is 0 Å². The Labute approximate surface area is 217 Å². The Morgan fingerprint density at radius 2 is 1.11 bits per heavy atom. The molecule has 4 aromatic rings. The van der Waals surface area contributed by atoms with Gasteiger partial charge in [0.2, 0.25) is 11.8 Å². The first-order valence-corrected chi connectivity index (χ1v) is 14.1. The highest BCUT2D eigenvalue weighted by Gasteiger charge is 2.10.